The Morgan fingerprint density at radius 1 is 1.22 bits per heavy atom. The lowest BCUT2D eigenvalue weighted by Gasteiger charge is -2.12. The molecule has 1 saturated carbocycles. The van der Waals surface area contributed by atoms with Crippen LogP contribution in [0, 0.1) is 5.92 Å². The van der Waals surface area contributed by atoms with E-state index in [0.29, 0.717) is 35.9 Å². The van der Waals surface area contributed by atoms with Crippen molar-refractivity contribution in [3.63, 3.8) is 0 Å². The average molecular weight is 245 g/mol. The van der Waals surface area contributed by atoms with Crippen LogP contribution in [0.25, 0.3) is 11.6 Å². The van der Waals surface area contributed by atoms with E-state index in [9.17, 15) is 0 Å². The molecule has 0 bridgehead atoms. The van der Waals surface area contributed by atoms with Gasteiger partial charge in [-0.05, 0) is 31.4 Å². The summed E-state index contributed by atoms with van der Waals surface area (Å²) < 4.78 is 5.34. The second-order valence-electron chi connectivity index (χ2n) is 4.56. The smallest absolute Gasteiger partial charge is 0.240 e. The van der Waals surface area contributed by atoms with Crippen LogP contribution in [0.3, 0.4) is 0 Å². The molecule has 1 fully saturated rings. The first-order valence-electron chi connectivity index (χ1n) is 6.19. The summed E-state index contributed by atoms with van der Waals surface area (Å²) in [5.74, 6) is 2.36. The van der Waals surface area contributed by atoms with Crippen LogP contribution in [-0.4, -0.2) is 26.7 Å². The summed E-state index contributed by atoms with van der Waals surface area (Å²) in [5.41, 5.74) is 5.76. The van der Waals surface area contributed by atoms with Crippen molar-refractivity contribution < 1.29 is 4.52 Å². The Labute approximate surface area is 105 Å². The summed E-state index contributed by atoms with van der Waals surface area (Å²) in [6, 6.07) is 1.76. The van der Waals surface area contributed by atoms with Gasteiger partial charge in [0.15, 0.2) is 0 Å². The highest BCUT2D eigenvalue weighted by molar-refractivity contribution is 5.40. The van der Waals surface area contributed by atoms with E-state index in [0.717, 1.165) is 12.8 Å². The van der Waals surface area contributed by atoms with Crippen LogP contribution in [0.15, 0.2) is 23.0 Å². The van der Waals surface area contributed by atoms with Gasteiger partial charge >= 0.3 is 0 Å². The van der Waals surface area contributed by atoms with Gasteiger partial charge < -0.3 is 10.3 Å². The van der Waals surface area contributed by atoms with Crippen LogP contribution in [0.4, 0.5) is 0 Å². The van der Waals surface area contributed by atoms with Gasteiger partial charge in [-0.1, -0.05) is 11.6 Å². The van der Waals surface area contributed by atoms with E-state index in [-0.39, 0.29) is 0 Å². The minimum Gasteiger partial charge on any atom is -0.339 e. The van der Waals surface area contributed by atoms with Gasteiger partial charge in [-0.2, -0.15) is 4.98 Å². The first kappa shape index (κ1) is 11.3. The van der Waals surface area contributed by atoms with Crippen LogP contribution >= 0.6 is 0 Å². The third kappa shape index (κ3) is 1.99. The standard InChI is InChI=1S/C12H15N5O/c13-7-8-3-1-4-9(8)12-16-11(17-18-12)10-14-5-2-6-15-10/h2,5-6,8-9H,1,3-4,7,13H2. The molecule has 1 aliphatic carbocycles. The first-order chi connectivity index (χ1) is 8.88. The lowest BCUT2D eigenvalue weighted by atomic mass is 9.96. The third-order valence-corrected chi connectivity index (χ3v) is 3.49. The van der Waals surface area contributed by atoms with Crippen molar-refractivity contribution in [3.8, 4) is 11.6 Å². The molecule has 18 heavy (non-hydrogen) atoms. The quantitative estimate of drug-likeness (QED) is 0.878. The van der Waals surface area contributed by atoms with Crippen molar-refractivity contribution in [1.29, 1.82) is 0 Å². The molecule has 0 amide bonds. The SMILES string of the molecule is NCC1CCCC1c1nc(-c2ncccn2)no1. The predicted octanol–water partition coefficient (Wildman–Crippen LogP) is 1.37. The molecule has 0 radical (unpaired) electrons. The van der Waals surface area contributed by atoms with Gasteiger partial charge in [-0.25, -0.2) is 9.97 Å². The molecule has 0 spiro atoms. The lowest BCUT2D eigenvalue weighted by Crippen LogP contribution is -2.17. The maximum absolute atomic E-state index is 5.76. The molecule has 0 aliphatic heterocycles. The molecule has 2 atom stereocenters. The van der Waals surface area contributed by atoms with Gasteiger partial charge in [0.2, 0.25) is 17.5 Å². The van der Waals surface area contributed by atoms with Crippen LogP contribution in [0.2, 0.25) is 0 Å². The fraction of sp³-hybridized carbons (Fsp3) is 0.500. The van der Waals surface area contributed by atoms with Crippen molar-refractivity contribution in [2.75, 3.05) is 6.54 Å². The molecule has 6 heteroatoms. The van der Waals surface area contributed by atoms with Crippen molar-refractivity contribution in [2.45, 2.75) is 25.2 Å². The van der Waals surface area contributed by atoms with Gasteiger partial charge in [0.05, 0.1) is 0 Å². The first-order valence-corrected chi connectivity index (χ1v) is 6.19. The fourth-order valence-corrected chi connectivity index (χ4v) is 2.54. The zero-order valence-corrected chi connectivity index (χ0v) is 9.99. The summed E-state index contributed by atoms with van der Waals surface area (Å²) in [7, 11) is 0. The van der Waals surface area contributed by atoms with Crippen LogP contribution in [0.5, 0.6) is 0 Å². The van der Waals surface area contributed by atoms with E-state index in [4.69, 9.17) is 10.3 Å². The Hall–Kier alpha value is -1.82. The summed E-state index contributed by atoms with van der Waals surface area (Å²) in [6.07, 6.45) is 6.71. The molecule has 2 aromatic rings. The monoisotopic (exact) mass is 245 g/mol. The number of nitrogens with zero attached hydrogens (tertiary/aromatic N) is 4. The number of rotatable bonds is 3. The van der Waals surface area contributed by atoms with E-state index in [1.807, 2.05) is 0 Å². The molecule has 1 aliphatic rings. The maximum Gasteiger partial charge on any atom is 0.240 e. The maximum atomic E-state index is 5.76. The Kier molecular flexibility index (Phi) is 3.02. The molecule has 0 aromatic carbocycles. The van der Waals surface area contributed by atoms with Crippen molar-refractivity contribution in [1.82, 2.24) is 20.1 Å². The van der Waals surface area contributed by atoms with Crippen molar-refractivity contribution in [2.24, 2.45) is 11.7 Å². The average Bonchev–Trinajstić information content (AvgIpc) is 3.08. The van der Waals surface area contributed by atoms with Gasteiger partial charge in [0.1, 0.15) is 0 Å². The van der Waals surface area contributed by atoms with Gasteiger partial charge in [-0.15, -0.1) is 0 Å². The fourth-order valence-electron chi connectivity index (χ4n) is 2.54. The molecular formula is C12H15N5O. The summed E-state index contributed by atoms with van der Waals surface area (Å²) >= 11 is 0. The van der Waals surface area contributed by atoms with Gasteiger partial charge in [0, 0.05) is 18.3 Å². The lowest BCUT2D eigenvalue weighted by molar-refractivity contribution is 0.325. The van der Waals surface area contributed by atoms with E-state index < -0.39 is 0 Å². The van der Waals surface area contributed by atoms with Gasteiger partial charge in [0.25, 0.3) is 0 Å². The molecule has 3 rings (SSSR count). The predicted molar refractivity (Wildman–Crippen MR) is 64.5 cm³/mol. The molecule has 2 unspecified atom stereocenters. The zero-order valence-electron chi connectivity index (χ0n) is 9.99. The van der Waals surface area contributed by atoms with E-state index in [1.165, 1.54) is 6.42 Å². The van der Waals surface area contributed by atoms with Gasteiger partial charge in [-0.3, -0.25) is 0 Å². The number of nitrogens with two attached hydrogens (primary N) is 1. The normalized spacial score (nSPS) is 23.4. The Balaban J connectivity index is 1.86. The Morgan fingerprint density at radius 3 is 2.83 bits per heavy atom. The summed E-state index contributed by atoms with van der Waals surface area (Å²) in [6.45, 7) is 0.671. The topological polar surface area (TPSA) is 90.7 Å². The van der Waals surface area contributed by atoms with Crippen molar-refractivity contribution >= 4 is 0 Å². The molecule has 0 saturated heterocycles. The van der Waals surface area contributed by atoms with E-state index in [2.05, 4.69) is 20.1 Å². The second-order valence-corrected chi connectivity index (χ2v) is 4.56. The zero-order chi connectivity index (χ0) is 12.4. The third-order valence-electron chi connectivity index (χ3n) is 3.49. The Morgan fingerprint density at radius 2 is 2.06 bits per heavy atom. The molecular weight excluding hydrogens is 230 g/mol. The Bertz CT molecular complexity index is 512. The van der Waals surface area contributed by atoms with E-state index in [1.54, 1.807) is 18.5 Å². The highest BCUT2D eigenvalue weighted by Crippen LogP contribution is 2.38. The summed E-state index contributed by atoms with van der Waals surface area (Å²) in [4.78, 5) is 12.6. The number of aromatic nitrogens is 4. The number of hydrogen-bond acceptors (Lipinski definition) is 6. The number of hydrogen-bond donors (Lipinski definition) is 1. The minimum absolute atomic E-state index is 0.292. The largest absolute Gasteiger partial charge is 0.339 e. The molecule has 2 N–H and O–H groups in total. The molecule has 2 aromatic heterocycles. The highest BCUT2D eigenvalue weighted by atomic mass is 16.5. The van der Waals surface area contributed by atoms with Crippen LogP contribution < -0.4 is 5.73 Å². The van der Waals surface area contributed by atoms with Crippen molar-refractivity contribution in [3.05, 3.63) is 24.4 Å². The second kappa shape index (κ2) is 4.81. The van der Waals surface area contributed by atoms with E-state index >= 15 is 0 Å². The summed E-state index contributed by atoms with van der Waals surface area (Å²) in [5, 5.41) is 3.95. The molecule has 94 valence electrons. The molecule has 2 heterocycles. The van der Waals surface area contributed by atoms with Crippen LogP contribution in [-0.2, 0) is 0 Å². The molecule has 6 nitrogen and oxygen atoms in total. The highest BCUT2D eigenvalue weighted by Gasteiger charge is 2.32. The minimum atomic E-state index is 0.292. The van der Waals surface area contributed by atoms with Crippen LogP contribution in [0.1, 0.15) is 31.1 Å².